The number of nitrogens with zero attached hydrogens (tertiary/aromatic N) is 3. The number of ether oxygens (including phenoxy) is 1. The van der Waals surface area contributed by atoms with Crippen molar-refractivity contribution in [2.75, 3.05) is 7.11 Å². The van der Waals surface area contributed by atoms with Crippen molar-refractivity contribution in [3.63, 3.8) is 0 Å². The van der Waals surface area contributed by atoms with Crippen LogP contribution in [0.4, 0.5) is 17.1 Å². The molecule has 0 aliphatic heterocycles. The van der Waals surface area contributed by atoms with E-state index in [1.807, 2.05) is 0 Å². The first-order valence-electron chi connectivity index (χ1n) is 5.45. The molecule has 0 aliphatic rings. The summed E-state index contributed by atoms with van der Waals surface area (Å²) in [5.41, 5.74) is -0.603. The van der Waals surface area contributed by atoms with Gasteiger partial charge in [0.25, 0.3) is 5.69 Å². The molecule has 9 nitrogen and oxygen atoms in total. The average Bonchev–Trinajstić information content (AvgIpc) is 2.75. The van der Waals surface area contributed by atoms with E-state index in [2.05, 4.69) is 19.9 Å². The van der Waals surface area contributed by atoms with Crippen molar-refractivity contribution in [1.82, 2.24) is 5.16 Å². The molecule has 1 aromatic heterocycles. The Labute approximate surface area is 112 Å². The van der Waals surface area contributed by atoms with Crippen LogP contribution in [-0.2, 0) is 0 Å². The molecule has 0 saturated carbocycles. The predicted octanol–water partition coefficient (Wildman–Crippen LogP) is 2.61. The molecule has 0 bridgehead atoms. The van der Waals surface area contributed by atoms with Gasteiger partial charge in [0.1, 0.15) is 5.75 Å². The largest absolute Gasteiger partial charge is 0.496 e. The first kappa shape index (κ1) is 13.5. The van der Waals surface area contributed by atoms with Crippen molar-refractivity contribution in [3.8, 4) is 5.75 Å². The fraction of sp³-hybridized carbons (Fsp3) is 0.182. The van der Waals surface area contributed by atoms with Gasteiger partial charge < -0.3 is 9.26 Å². The molecular weight excluding hydrogens is 268 g/mol. The third-order valence-electron chi connectivity index (χ3n) is 2.48. The molecule has 0 unspecified atom stereocenters. The van der Waals surface area contributed by atoms with Crippen molar-refractivity contribution in [2.45, 2.75) is 6.92 Å². The lowest BCUT2D eigenvalue weighted by molar-refractivity contribution is -0.384. The Kier molecular flexibility index (Phi) is 3.60. The molecule has 0 aliphatic carbocycles. The van der Waals surface area contributed by atoms with Crippen molar-refractivity contribution in [1.29, 1.82) is 0 Å². The summed E-state index contributed by atoms with van der Waals surface area (Å²) >= 11 is 0. The smallest absolute Gasteiger partial charge is 0.384 e. The number of nitro benzene ring substituents is 1. The molecular formula is C11H10N4O5. The number of nitro groups is 1. The van der Waals surface area contributed by atoms with Crippen molar-refractivity contribution in [2.24, 2.45) is 10.2 Å². The van der Waals surface area contributed by atoms with Gasteiger partial charge in [0.2, 0.25) is 0 Å². The summed E-state index contributed by atoms with van der Waals surface area (Å²) < 4.78 is 9.41. The van der Waals surface area contributed by atoms with E-state index < -0.39 is 10.5 Å². The molecule has 0 radical (unpaired) electrons. The highest BCUT2D eigenvalue weighted by Gasteiger charge is 2.15. The number of H-pyrrole nitrogens is 1. The number of methoxy groups -OCH3 is 1. The first-order valence-corrected chi connectivity index (χ1v) is 5.45. The van der Waals surface area contributed by atoms with Crippen LogP contribution >= 0.6 is 0 Å². The minimum absolute atomic E-state index is 0.0100. The summed E-state index contributed by atoms with van der Waals surface area (Å²) in [4.78, 5) is 21.6. The lowest BCUT2D eigenvalue weighted by Gasteiger charge is -2.00. The fourth-order valence-electron chi connectivity index (χ4n) is 1.45. The summed E-state index contributed by atoms with van der Waals surface area (Å²) in [5, 5.41) is 20.7. The van der Waals surface area contributed by atoms with Gasteiger partial charge in [-0.3, -0.25) is 10.1 Å². The van der Waals surface area contributed by atoms with Crippen molar-refractivity contribution in [3.05, 3.63) is 44.4 Å². The zero-order chi connectivity index (χ0) is 14.7. The molecule has 0 spiro atoms. The van der Waals surface area contributed by atoms with Crippen LogP contribution in [0.1, 0.15) is 5.69 Å². The molecule has 104 valence electrons. The van der Waals surface area contributed by atoms with E-state index in [1.54, 1.807) is 6.92 Å². The third kappa shape index (κ3) is 2.55. The van der Waals surface area contributed by atoms with Crippen LogP contribution in [0, 0.1) is 17.0 Å². The van der Waals surface area contributed by atoms with Crippen LogP contribution in [0.2, 0.25) is 0 Å². The number of hydrogen-bond donors (Lipinski definition) is 1. The van der Waals surface area contributed by atoms with E-state index in [-0.39, 0.29) is 17.1 Å². The van der Waals surface area contributed by atoms with Gasteiger partial charge in [-0.25, -0.2) is 9.95 Å². The Bertz CT molecular complexity index is 731. The quantitative estimate of drug-likeness (QED) is 0.523. The molecule has 0 fully saturated rings. The van der Waals surface area contributed by atoms with E-state index in [9.17, 15) is 14.9 Å². The van der Waals surface area contributed by atoms with Gasteiger partial charge in [-0.2, -0.15) is 0 Å². The van der Waals surface area contributed by atoms with Gasteiger partial charge in [0.15, 0.2) is 11.4 Å². The van der Waals surface area contributed by atoms with Gasteiger partial charge in [0, 0.05) is 0 Å². The lowest BCUT2D eigenvalue weighted by Crippen LogP contribution is -1.91. The van der Waals surface area contributed by atoms with Gasteiger partial charge in [0.05, 0.1) is 23.8 Å². The maximum atomic E-state index is 11.3. The summed E-state index contributed by atoms with van der Waals surface area (Å²) in [6.07, 6.45) is 0. The van der Waals surface area contributed by atoms with E-state index in [0.717, 1.165) is 0 Å². The highest BCUT2D eigenvalue weighted by Crippen LogP contribution is 2.32. The summed E-state index contributed by atoms with van der Waals surface area (Å²) in [6, 6.07) is 4.11. The fourth-order valence-corrected chi connectivity index (χ4v) is 1.45. The van der Waals surface area contributed by atoms with Crippen LogP contribution < -0.4 is 10.4 Å². The molecule has 2 rings (SSSR count). The number of aryl methyl sites for hydroxylation is 1. The average molecular weight is 278 g/mol. The summed E-state index contributed by atoms with van der Waals surface area (Å²) in [7, 11) is 1.40. The molecule has 1 aromatic carbocycles. The topological polar surface area (TPSA) is 123 Å². The maximum absolute atomic E-state index is 11.3. The number of aromatic nitrogens is 1. The molecule has 0 atom stereocenters. The minimum atomic E-state index is -0.692. The van der Waals surface area contributed by atoms with Gasteiger partial charge in [-0.05, 0) is 19.1 Å². The highest BCUT2D eigenvalue weighted by atomic mass is 16.6. The standard InChI is InChI=1S/C11H10N4O5/c1-6-10(11(16)20-14-6)13-12-8-4-3-7(19-2)5-9(8)15(17)18/h3-5,14H,1-2H3. The number of benzene rings is 1. The molecule has 9 heteroatoms. The zero-order valence-corrected chi connectivity index (χ0v) is 10.6. The predicted molar refractivity (Wildman–Crippen MR) is 67.9 cm³/mol. The van der Waals surface area contributed by atoms with Crippen LogP contribution in [0.5, 0.6) is 5.75 Å². The molecule has 0 saturated heterocycles. The van der Waals surface area contributed by atoms with E-state index in [1.165, 1.54) is 25.3 Å². The van der Waals surface area contributed by atoms with Crippen LogP contribution in [-0.4, -0.2) is 17.2 Å². The van der Waals surface area contributed by atoms with Crippen LogP contribution in [0.25, 0.3) is 0 Å². The third-order valence-corrected chi connectivity index (χ3v) is 2.48. The van der Waals surface area contributed by atoms with Crippen molar-refractivity contribution >= 4 is 17.1 Å². The number of rotatable bonds is 4. The van der Waals surface area contributed by atoms with Crippen molar-refractivity contribution < 1.29 is 14.2 Å². The zero-order valence-electron chi connectivity index (χ0n) is 10.6. The number of hydrogen-bond acceptors (Lipinski definition) is 7. The monoisotopic (exact) mass is 278 g/mol. The van der Waals surface area contributed by atoms with Crippen LogP contribution in [0.15, 0.2) is 37.7 Å². The Hall–Kier alpha value is -2.97. The first-order chi connectivity index (χ1) is 9.52. The van der Waals surface area contributed by atoms with E-state index in [0.29, 0.717) is 11.4 Å². The summed E-state index contributed by atoms with van der Waals surface area (Å²) in [5.74, 6) is 0.327. The normalized spacial score (nSPS) is 10.9. The second-order valence-electron chi connectivity index (χ2n) is 3.78. The highest BCUT2D eigenvalue weighted by molar-refractivity contribution is 5.60. The minimum Gasteiger partial charge on any atom is -0.496 e. The number of azo groups is 1. The second-order valence-corrected chi connectivity index (χ2v) is 3.78. The van der Waals surface area contributed by atoms with Crippen LogP contribution in [0.3, 0.4) is 0 Å². The molecule has 1 N–H and O–H groups in total. The molecule has 2 aromatic rings. The molecule has 20 heavy (non-hydrogen) atoms. The van der Waals surface area contributed by atoms with Gasteiger partial charge in [-0.1, -0.05) is 0 Å². The van der Waals surface area contributed by atoms with Gasteiger partial charge >= 0.3 is 5.63 Å². The Morgan fingerprint density at radius 3 is 2.70 bits per heavy atom. The lowest BCUT2D eigenvalue weighted by atomic mass is 10.2. The SMILES string of the molecule is COc1ccc(N=Nc2c(C)[nH]oc2=O)c([N+](=O)[O-])c1. The number of nitrogens with one attached hydrogen (secondary N) is 1. The van der Waals surface area contributed by atoms with E-state index >= 15 is 0 Å². The van der Waals surface area contributed by atoms with E-state index in [4.69, 9.17) is 4.74 Å². The Morgan fingerprint density at radius 2 is 2.15 bits per heavy atom. The maximum Gasteiger partial charge on any atom is 0.384 e. The number of aromatic amines is 1. The summed E-state index contributed by atoms with van der Waals surface area (Å²) in [6.45, 7) is 1.57. The molecule has 0 amide bonds. The molecule has 1 heterocycles. The Morgan fingerprint density at radius 1 is 1.40 bits per heavy atom. The van der Waals surface area contributed by atoms with Gasteiger partial charge in [-0.15, -0.1) is 10.2 Å². The second kappa shape index (κ2) is 5.34. The Balaban J connectivity index is 2.43.